The number of azo groups is 1. The first-order valence-corrected chi connectivity index (χ1v) is 17.6. The number of aryl methyl sites for hydroxylation is 1. The van der Waals surface area contributed by atoms with Crippen molar-refractivity contribution in [2.75, 3.05) is 4.72 Å². The van der Waals surface area contributed by atoms with Crippen molar-refractivity contribution >= 4 is 69.7 Å². The molecule has 46 heavy (non-hydrogen) atoms. The molecule has 0 atom stereocenters. The van der Waals surface area contributed by atoms with E-state index in [1.807, 2.05) is 0 Å². The molecule has 0 aliphatic rings. The molecule has 0 aromatic heterocycles. The van der Waals surface area contributed by atoms with Gasteiger partial charge in [0.25, 0.3) is 30.3 Å². The fraction of sp³-hybridized carbons (Fsp3) is 0.0345. The van der Waals surface area contributed by atoms with Crippen molar-refractivity contribution in [3.8, 4) is 17.2 Å². The Morgan fingerprint density at radius 2 is 1.43 bits per heavy atom. The van der Waals surface area contributed by atoms with Gasteiger partial charge in [-0.3, -0.25) is 13.8 Å². The highest BCUT2D eigenvalue weighted by atomic mass is 35.5. The van der Waals surface area contributed by atoms with Crippen LogP contribution in [0.1, 0.15) is 5.56 Å². The van der Waals surface area contributed by atoms with Crippen molar-refractivity contribution in [1.29, 1.82) is 0 Å². The maximum Gasteiger partial charge on any atom is 0.296 e. The van der Waals surface area contributed by atoms with Crippen LogP contribution >= 0.6 is 11.6 Å². The molecule has 13 nitrogen and oxygen atoms in total. The molecule has 0 fully saturated rings. The molecule has 0 unspecified atom stereocenters. The van der Waals surface area contributed by atoms with Crippen LogP contribution in [0.2, 0.25) is 5.02 Å². The summed E-state index contributed by atoms with van der Waals surface area (Å²) in [5.41, 5.74) is -0.635. The van der Waals surface area contributed by atoms with Gasteiger partial charge >= 0.3 is 0 Å². The molecule has 5 rings (SSSR count). The molecule has 0 radical (unpaired) electrons. The minimum Gasteiger partial charge on any atom is -0.505 e. The van der Waals surface area contributed by atoms with Gasteiger partial charge in [-0.25, -0.2) is 8.42 Å². The topological polar surface area (TPSA) is 209 Å². The fourth-order valence-electron chi connectivity index (χ4n) is 4.28. The second-order valence-electron chi connectivity index (χ2n) is 9.74. The molecule has 0 spiro atoms. The molecule has 0 aliphatic heterocycles. The summed E-state index contributed by atoms with van der Waals surface area (Å²) in [6, 6.07) is 20.5. The Bertz CT molecular complexity index is 2350. The van der Waals surface area contributed by atoms with Crippen molar-refractivity contribution in [3.05, 3.63) is 102 Å². The van der Waals surface area contributed by atoms with E-state index in [1.54, 1.807) is 37.3 Å². The number of fused-ring (bicyclic) bond motifs is 1. The van der Waals surface area contributed by atoms with Crippen molar-refractivity contribution in [1.82, 2.24) is 0 Å². The third-order valence-corrected chi connectivity index (χ3v) is 9.74. The Morgan fingerprint density at radius 3 is 2.07 bits per heavy atom. The molecule has 0 saturated carbocycles. The normalized spacial score (nSPS) is 12.4. The SMILES string of the molecule is Cc1ccc(S(=O)(=O)Nc2cc(S(=O)(=O)O)cc3cc(S(=O)(=O)O)c(/N=N\c4ccc(Cl)cc4Oc4ccccc4)c(O)c23)cc1. The maximum absolute atomic E-state index is 13.3. The molecular formula is C29H22ClN3O10S3. The summed E-state index contributed by atoms with van der Waals surface area (Å²) in [5.74, 6) is -0.522. The number of para-hydroxylation sites is 1. The third-order valence-electron chi connectivity index (χ3n) is 6.43. The van der Waals surface area contributed by atoms with Gasteiger partial charge in [0.1, 0.15) is 22.0 Å². The number of sulfonamides is 1. The third kappa shape index (κ3) is 7.12. The van der Waals surface area contributed by atoms with Gasteiger partial charge in [0, 0.05) is 11.1 Å². The van der Waals surface area contributed by atoms with Crippen LogP contribution < -0.4 is 9.46 Å². The molecule has 238 valence electrons. The van der Waals surface area contributed by atoms with Crippen LogP contribution in [-0.4, -0.2) is 39.5 Å². The highest BCUT2D eigenvalue weighted by Crippen LogP contribution is 2.46. The van der Waals surface area contributed by atoms with Crippen LogP contribution in [0.3, 0.4) is 0 Å². The predicted octanol–water partition coefficient (Wildman–Crippen LogP) is 7.01. The molecule has 17 heteroatoms. The lowest BCUT2D eigenvalue weighted by atomic mass is 10.1. The smallest absolute Gasteiger partial charge is 0.296 e. The predicted molar refractivity (Wildman–Crippen MR) is 169 cm³/mol. The zero-order valence-electron chi connectivity index (χ0n) is 23.4. The van der Waals surface area contributed by atoms with Gasteiger partial charge in [-0.15, -0.1) is 10.2 Å². The summed E-state index contributed by atoms with van der Waals surface area (Å²) in [6.45, 7) is 1.73. The zero-order valence-corrected chi connectivity index (χ0v) is 26.6. The standard InChI is InChI=1S/C29H22ClN3O10S3/c1-17-7-10-21(11-8-17)44(35,36)33-24-16-22(45(37,38)39)13-18-14-26(46(40,41)42)28(29(34)27(18)24)32-31-23-12-9-19(30)15-25(23)43-20-5-3-2-4-6-20/h2-16,33-34H,1H3,(H,37,38,39)(H,40,41,42)/b32-31-. The van der Waals surface area contributed by atoms with Crippen molar-refractivity contribution in [3.63, 3.8) is 0 Å². The molecule has 0 saturated heterocycles. The minimum atomic E-state index is -5.18. The van der Waals surface area contributed by atoms with Crippen molar-refractivity contribution < 1.29 is 44.2 Å². The van der Waals surface area contributed by atoms with E-state index in [4.69, 9.17) is 16.3 Å². The van der Waals surface area contributed by atoms with Gasteiger partial charge in [-0.2, -0.15) is 16.8 Å². The number of hydrogen-bond donors (Lipinski definition) is 4. The zero-order chi connectivity index (χ0) is 33.4. The second kappa shape index (κ2) is 12.3. The van der Waals surface area contributed by atoms with Crippen LogP contribution in [0.4, 0.5) is 17.1 Å². The Morgan fingerprint density at radius 1 is 0.761 bits per heavy atom. The van der Waals surface area contributed by atoms with Gasteiger partial charge in [-0.05, 0) is 66.9 Å². The number of nitrogens with one attached hydrogen (secondary N) is 1. The van der Waals surface area contributed by atoms with Crippen molar-refractivity contribution in [2.45, 2.75) is 21.6 Å². The number of hydrogen-bond acceptors (Lipinski definition) is 10. The Hall–Kier alpha value is -4.58. The molecular weight excluding hydrogens is 682 g/mol. The lowest BCUT2D eigenvalue weighted by Crippen LogP contribution is -2.14. The average molecular weight is 704 g/mol. The largest absolute Gasteiger partial charge is 0.505 e. The first-order chi connectivity index (χ1) is 21.5. The van der Waals surface area contributed by atoms with E-state index >= 15 is 0 Å². The first-order valence-electron chi connectivity index (χ1n) is 12.9. The molecule has 0 aliphatic carbocycles. The minimum absolute atomic E-state index is 0.0102. The molecule has 0 amide bonds. The molecule has 5 aromatic carbocycles. The quantitative estimate of drug-likeness (QED) is 0.0911. The number of phenolic OH excluding ortho intramolecular Hbond substituents is 1. The van der Waals surface area contributed by atoms with E-state index in [1.165, 1.54) is 42.5 Å². The summed E-state index contributed by atoms with van der Waals surface area (Å²) < 4.78 is 103. The highest BCUT2D eigenvalue weighted by Gasteiger charge is 2.27. The summed E-state index contributed by atoms with van der Waals surface area (Å²) in [4.78, 5) is -2.09. The molecule has 5 aromatic rings. The average Bonchev–Trinajstić information content (AvgIpc) is 2.96. The molecule has 0 bridgehead atoms. The van der Waals surface area contributed by atoms with Crippen LogP contribution in [0.25, 0.3) is 10.8 Å². The highest BCUT2D eigenvalue weighted by molar-refractivity contribution is 7.92. The lowest BCUT2D eigenvalue weighted by molar-refractivity contribution is 0.472. The van der Waals surface area contributed by atoms with E-state index in [2.05, 4.69) is 15.0 Å². The van der Waals surface area contributed by atoms with Crippen molar-refractivity contribution in [2.24, 2.45) is 10.2 Å². The van der Waals surface area contributed by atoms with Crippen LogP contribution in [0.15, 0.2) is 116 Å². The van der Waals surface area contributed by atoms with E-state index in [-0.39, 0.29) is 21.4 Å². The summed E-state index contributed by atoms with van der Waals surface area (Å²) in [6.07, 6.45) is 0. The number of anilines is 1. The number of ether oxygens (including phenoxy) is 1. The van der Waals surface area contributed by atoms with Gasteiger partial charge in [0.05, 0.1) is 20.9 Å². The van der Waals surface area contributed by atoms with E-state index in [0.717, 1.165) is 23.8 Å². The summed E-state index contributed by atoms with van der Waals surface area (Å²) in [5, 5.41) is 18.7. The van der Waals surface area contributed by atoms with Crippen LogP contribution in [-0.2, 0) is 30.3 Å². The molecule has 0 heterocycles. The number of nitrogens with zero attached hydrogens (tertiary/aromatic N) is 2. The second-order valence-corrected chi connectivity index (χ2v) is 14.7. The Kier molecular flexibility index (Phi) is 8.78. The maximum atomic E-state index is 13.3. The lowest BCUT2D eigenvalue weighted by Gasteiger charge is -2.16. The summed E-state index contributed by atoms with van der Waals surface area (Å²) in [7, 11) is -14.6. The monoisotopic (exact) mass is 703 g/mol. The first kappa shape index (κ1) is 32.8. The number of phenols is 1. The number of halogens is 1. The van der Waals surface area contributed by atoms with Gasteiger partial charge in [-0.1, -0.05) is 47.5 Å². The number of benzene rings is 5. The van der Waals surface area contributed by atoms with Crippen LogP contribution in [0, 0.1) is 6.92 Å². The van der Waals surface area contributed by atoms with E-state index < -0.39 is 67.9 Å². The Labute approximate surface area is 268 Å². The van der Waals surface area contributed by atoms with E-state index in [0.29, 0.717) is 5.75 Å². The van der Waals surface area contributed by atoms with Crippen LogP contribution in [0.5, 0.6) is 17.2 Å². The fourth-order valence-corrected chi connectivity index (χ4v) is 6.70. The number of aromatic hydroxyl groups is 1. The van der Waals surface area contributed by atoms with Gasteiger partial charge in [0.2, 0.25) is 0 Å². The number of rotatable bonds is 9. The Balaban J connectivity index is 1.73. The van der Waals surface area contributed by atoms with Gasteiger partial charge in [0.15, 0.2) is 11.5 Å². The van der Waals surface area contributed by atoms with E-state index in [9.17, 15) is 39.5 Å². The summed E-state index contributed by atoms with van der Waals surface area (Å²) >= 11 is 6.12. The van der Waals surface area contributed by atoms with Gasteiger partial charge < -0.3 is 9.84 Å². The molecule has 4 N–H and O–H groups in total.